The van der Waals surface area contributed by atoms with Gasteiger partial charge in [-0.05, 0) is 36.2 Å². The summed E-state index contributed by atoms with van der Waals surface area (Å²) in [6.07, 6.45) is -0.621. The topological polar surface area (TPSA) is 123 Å². The molecule has 13 heteroatoms. The largest absolute Gasteiger partial charge is 0.465 e. The second kappa shape index (κ2) is 12.4. The van der Waals surface area contributed by atoms with Crippen molar-refractivity contribution in [1.29, 1.82) is 0 Å². The molecule has 0 spiro atoms. The highest BCUT2D eigenvalue weighted by molar-refractivity contribution is 7.22. The smallest absolute Gasteiger partial charge is 0.411 e. The molecule has 0 saturated carbocycles. The van der Waals surface area contributed by atoms with Crippen LogP contribution in [0.2, 0.25) is 14.6 Å². The second-order valence-corrected chi connectivity index (χ2v) is 11.5. The molecule has 2 aromatic heterocycles. The number of benzene rings is 3. The summed E-state index contributed by atoms with van der Waals surface area (Å²) in [5.74, 6) is 0.465. The predicted molar refractivity (Wildman–Crippen MR) is 163 cm³/mol. The van der Waals surface area contributed by atoms with Crippen LogP contribution in [0.3, 0.4) is 0 Å². The van der Waals surface area contributed by atoms with Crippen molar-refractivity contribution in [3.8, 4) is 11.3 Å². The van der Waals surface area contributed by atoms with Gasteiger partial charge in [-0.15, -0.1) is 11.3 Å². The van der Waals surface area contributed by atoms with Crippen molar-refractivity contribution in [2.75, 3.05) is 11.9 Å². The fourth-order valence-corrected chi connectivity index (χ4v) is 5.96. The molecule has 3 amide bonds. The van der Waals surface area contributed by atoms with Crippen LogP contribution in [-0.4, -0.2) is 39.2 Å². The van der Waals surface area contributed by atoms with Gasteiger partial charge in [0.15, 0.2) is 4.47 Å². The summed E-state index contributed by atoms with van der Waals surface area (Å²) in [4.78, 5) is 37.6. The molecule has 4 N–H and O–H groups in total. The standard InChI is InChI=1S/C28H23Cl3N6O3S/c1-37(28(39)40)19-9-7-16(8-10-19)23-24(30)36-25(34-23)20(11-15-5-3-2-4-6-15)33-27(38)32-14-17-12-18(29)13-21-22(17)35-26(31)41-21/h2-10,12-13,20H,11,14H2,1H3,(H,34,36)(H,39,40)(H2,32,33,38)/t20-/m0/s1. The monoisotopic (exact) mass is 628 g/mol. The van der Waals surface area contributed by atoms with Gasteiger partial charge in [0.2, 0.25) is 0 Å². The number of hydrogen-bond acceptors (Lipinski definition) is 5. The lowest BCUT2D eigenvalue weighted by atomic mass is 10.1. The molecule has 0 unspecified atom stereocenters. The third-order valence-corrected chi connectivity index (χ3v) is 7.96. The van der Waals surface area contributed by atoms with Crippen LogP contribution in [0.15, 0.2) is 66.7 Å². The van der Waals surface area contributed by atoms with E-state index in [0.29, 0.717) is 49.3 Å². The minimum Gasteiger partial charge on any atom is -0.465 e. The lowest BCUT2D eigenvalue weighted by molar-refractivity contribution is 0.203. The van der Waals surface area contributed by atoms with Crippen LogP contribution in [0.5, 0.6) is 0 Å². The number of carbonyl (C=O) groups is 2. The molecular weight excluding hydrogens is 607 g/mol. The number of nitrogens with one attached hydrogen (secondary N) is 3. The van der Waals surface area contributed by atoms with Crippen molar-refractivity contribution in [1.82, 2.24) is 25.6 Å². The Hall–Kier alpha value is -3.83. The molecular formula is C28H23Cl3N6O3S. The Morgan fingerprint density at radius 3 is 2.49 bits per heavy atom. The Kier molecular flexibility index (Phi) is 8.65. The summed E-state index contributed by atoms with van der Waals surface area (Å²) in [6.45, 7) is 0.183. The second-order valence-electron chi connectivity index (χ2n) is 9.12. The van der Waals surface area contributed by atoms with Crippen molar-refractivity contribution in [3.63, 3.8) is 0 Å². The maximum atomic E-state index is 13.1. The summed E-state index contributed by atoms with van der Waals surface area (Å²) < 4.78 is 1.23. The number of aromatic nitrogens is 3. The normalized spacial score (nSPS) is 11.8. The molecule has 3 aromatic carbocycles. The molecule has 0 saturated heterocycles. The summed E-state index contributed by atoms with van der Waals surface area (Å²) in [5, 5.41) is 15.9. The fourth-order valence-electron chi connectivity index (χ4n) is 4.30. The molecule has 5 rings (SSSR count). The van der Waals surface area contributed by atoms with Gasteiger partial charge in [0.1, 0.15) is 16.7 Å². The average molecular weight is 630 g/mol. The number of imidazole rings is 1. The molecule has 41 heavy (non-hydrogen) atoms. The van der Waals surface area contributed by atoms with Gasteiger partial charge in [-0.2, -0.15) is 0 Å². The SMILES string of the molecule is CN(C(=O)O)c1ccc(-c2nc([C@H](Cc3ccccc3)NC(=O)NCc3cc(Cl)cc4sc(Cl)nc34)[nH]c2Cl)cc1. The van der Waals surface area contributed by atoms with Gasteiger partial charge >= 0.3 is 12.1 Å². The lowest BCUT2D eigenvalue weighted by Gasteiger charge is -2.18. The molecule has 0 aliphatic heterocycles. The number of amides is 3. The zero-order chi connectivity index (χ0) is 29.1. The van der Waals surface area contributed by atoms with Gasteiger partial charge < -0.3 is 20.7 Å². The average Bonchev–Trinajstić information content (AvgIpc) is 3.53. The van der Waals surface area contributed by atoms with Crippen LogP contribution in [0.1, 0.15) is 23.0 Å². The number of carbonyl (C=O) groups excluding carboxylic acids is 1. The van der Waals surface area contributed by atoms with Crippen molar-refractivity contribution in [3.05, 3.63) is 98.3 Å². The van der Waals surface area contributed by atoms with Crippen molar-refractivity contribution < 1.29 is 14.7 Å². The van der Waals surface area contributed by atoms with Gasteiger partial charge in [0, 0.05) is 35.4 Å². The van der Waals surface area contributed by atoms with E-state index in [-0.39, 0.29) is 6.54 Å². The number of aromatic amines is 1. The van der Waals surface area contributed by atoms with E-state index in [4.69, 9.17) is 39.8 Å². The molecule has 9 nitrogen and oxygen atoms in total. The third kappa shape index (κ3) is 6.74. The number of halogens is 3. The molecule has 0 fully saturated rings. The first-order chi connectivity index (χ1) is 19.7. The fraction of sp³-hybridized carbons (Fsp3) is 0.143. The number of hydrogen-bond donors (Lipinski definition) is 4. The molecule has 0 bridgehead atoms. The molecule has 0 aliphatic rings. The van der Waals surface area contributed by atoms with Crippen LogP contribution in [0, 0.1) is 0 Å². The first-order valence-corrected chi connectivity index (χ1v) is 14.3. The number of rotatable bonds is 8. The molecule has 0 radical (unpaired) electrons. The van der Waals surface area contributed by atoms with E-state index in [1.54, 1.807) is 36.4 Å². The van der Waals surface area contributed by atoms with Gasteiger partial charge in [0.25, 0.3) is 0 Å². The molecule has 5 aromatic rings. The number of H-pyrrole nitrogens is 1. The van der Waals surface area contributed by atoms with Gasteiger partial charge in [0.05, 0.1) is 16.3 Å². The summed E-state index contributed by atoms with van der Waals surface area (Å²) in [5.41, 5.74) is 4.09. The third-order valence-electron chi connectivity index (χ3n) is 6.36. The van der Waals surface area contributed by atoms with Crippen LogP contribution in [0.25, 0.3) is 21.5 Å². The maximum Gasteiger partial charge on any atom is 0.411 e. The van der Waals surface area contributed by atoms with Crippen molar-refractivity contribution >= 4 is 74.2 Å². The number of thiazole rings is 1. The highest BCUT2D eigenvalue weighted by Gasteiger charge is 2.22. The van der Waals surface area contributed by atoms with Gasteiger partial charge in [-0.1, -0.05) is 77.3 Å². The zero-order valence-corrected chi connectivity index (χ0v) is 24.6. The Labute approximate surface area is 254 Å². The Morgan fingerprint density at radius 2 is 1.78 bits per heavy atom. The molecule has 2 heterocycles. The van der Waals surface area contributed by atoms with E-state index in [0.717, 1.165) is 20.7 Å². The van der Waals surface area contributed by atoms with Crippen LogP contribution >= 0.6 is 46.1 Å². The first kappa shape index (κ1) is 28.7. The van der Waals surface area contributed by atoms with E-state index in [2.05, 4.69) is 20.6 Å². The van der Waals surface area contributed by atoms with E-state index in [1.807, 2.05) is 30.3 Å². The minimum atomic E-state index is -1.07. The number of urea groups is 1. The highest BCUT2D eigenvalue weighted by atomic mass is 35.5. The van der Waals surface area contributed by atoms with E-state index >= 15 is 0 Å². The quantitative estimate of drug-likeness (QED) is 0.141. The summed E-state index contributed by atoms with van der Waals surface area (Å²) in [7, 11) is 1.46. The van der Waals surface area contributed by atoms with Gasteiger partial charge in [-0.3, -0.25) is 4.90 Å². The number of anilines is 1. The zero-order valence-electron chi connectivity index (χ0n) is 21.5. The first-order valence-electron chi connectivity index (χ1n) is 12.3. The Morgan fingerprint density at radius 1 is 1.05 bits per heavy atom. The van der Waals surface area contributed by atoms with Gasteiger partial charge in [-0.25, -0.2) is 19.6 Å². The lowest BCUT2D eigenvalue weighted by Crippen LogP contribution is -2.38. The number of nitrogens with zero attached hydrogens (tertiary/aromatic N) is 3. The van der Waals surface area contributed by atoms with Crippen LogP contribution < -0.4 is 15.5 Å². The van der Waals surface area contributed by atoms with E-state index in [1.165, 1.54) is 18.4 Å². The maximum absolute atomic E-state index is 13.1. The predicted octanol–water partition coefficient (Wildman–Crippen LogP) is 7.54. The molecule has 1 atom stereocenters. The Bertz CT molecular complexity index is 1710. The van der Waals surface area contributed by atoms with Crippen molar-refractivity contribution in [2.45, 2.75) is 19.0 Å². The number of fused-ring (bicyclic) bond motifs is 1. The molecule has 210 valence electrons. The highest BCUT2D eigenvalue weighted by Crippen LogP contribution is 2.32. The summed E-state index contributed by atoms with van der Waals surface area (Å²) >= 11 is 20.2. The van der Waals surface area contributed by atoms with Crippen LogP contribution in [0.4, 0.5) is 15.3 Å². The summed E-state index contributed by atoms with van der Waals surface area (Å²) in [6, 6.07) is 19.1. The van der Waals surface area contributed by atoms with Crippen molar-refractivity contribution in [2.24, 2.45) is 0 Å². The van der Waals surface area contributed by atoms with E-state index in [9.17, 15) is 14.7 Å². The minimum absolute atomic E-state index is 0.183. The molecule has 0 aliphatic carbocycles. The van der Waals surface area contributed by atoms with E-state index < -0.39 is 18.2 Å². The Balaban J connectivity index is 1.37. The number of carboxylic acid groups (broad SMARTS) is 1. The van der Waals surface area contributed by atoms with Crippen LogP contribution in [-0.2, 0) is 13.0 Å².